The molecule has 192 valence electrons. The lowest BCUT2D eigenvalue weighted by Gasteiger charge is -2.12. The molecule has 0 unspecified atom stereocenters. The molecular formula is C27H26N2O7S. The van der Waals surface area contributed by atoms with Crippen molar-refractivity contribution in [2.45, 2.75) is 27.3 Å². The summed E-state index contributed by atoms with van der Waals surface area (Å²) in [5.74, 6) is -0.978. The van der Waals surface area contributed by atoms with Crippen LogP contribution in [0.5, 0.6) is 11.5 Å². The van der Waals surface area contributed by atoms with E-state index in [1.165, 1.54) is 6.07 Å². The molecule has 37 heavy (non-hydrogen) atoms. The van der Waals surface area contributed by atoms with Crippen molar-refractivity contribution in [1.82, 2.24) is 4.90 Å². The smallest absolute Gasteiger partial charge is 0.341 e. The predicted molar refractivity (Wildman–Crippen MR) is 138 cm³/mol. The summed E-state index contributed by atoms with van der Waals surface area (Å²) in [6.45, 7) is 6.26. The summed E-state index contributed by atoms with van der Waals surface area (Å²) < 4.78 is 16.3. The molecule has 0 saturated carbocycles. The molecule has 1 aliphatic rings. The number of anilines is 1. The molecule has 1 aliphatic heterocycles. The standard InChI is InChI=1S/C27H26N2O7S/c1-4-34-17-11-16(12-18(13-17)35-5-2)23(30)28-24-22(27(33)36-6-3)14-19(37-24)15-29-25(31)20-9-7-8-10-21(20)26(29)32/h7-14H,4-6,15H2,1-3H3,(H,28,30). The Morgan fingerprint density at radius 2 is 1.46 bits per heavy atom. The minimum atomic E-state index is -0.624. The average Bonchev–Trinajstić information content (AvgIpc) is 3.39. The molecule has 1 aromatic heterocycles. The Labute approximate surface area is 217 Å². The van der Waals surface area contributed by atoms with Crippen molar-refractivity contribution in [1.29, 1.82) is 0 Å². The van der Waals surface area contributed by atoms with Gasteiger partial charge in [0.25, 0.3) is 17.7 Å². The summed E-state index contributed by atoms with van der Waals surface area (Å²) in [5.41, 5.74) is 1.09. The summed E-state index contributed by atoms with van der Waals surface area (Å²) >= 11 is 1.09. The fourth-order valence-electron chi connectivity index (χ4n) is 3.89. The van der Waals surface area contributed by atoms with Gasteiger partial charge in [0.2, 0.25) is 0 Å². The lowest BCUT2D eigenvalue weighted by molar-refractivity contribution is 0.0527. The Morgan fingerprint density at radius 1 is 0.865 bits per heavy atom. The highest BCUT2D eigenvalue weighted by atomic mass is 32.1. The average molecular weight is 523 g/mol. The van der Waals surface area contributed by atoms with Gasteiger partial charge in [-0.1, -0.05) is 12.1 Å². The molecule has 1 N–H and O–H groups in total. The molecule has 9 nitrogen and oxygen atoms in total. The highest BCUT2D eigenvalue weighted by Gasteiger charge is 2.35. The topological polar surface area (TPSA) is 111 Å². The molecule has 4 rings (SSSR count). The van der Waals surface area contributed by atoms with Crippen molar-refractivity contribution in [3.63, 3.8) is 0 Å². The van der Waals surface area contributed by atoms with E-state index in [0.29, 0.717) is 40.7 Å². The number of esters is 1. The monoisotopic (exact) mass is 522 g/mol. The first-order valence-electron chi connectivity index (χ1n) is 11.8. The fraction of sp³-hybridized carbons (Fsp3) is 0.259. The Morgan fingerprint density at radius 3 is 2.00 bits per heavy atom. The van der Waals surface area contributed by atoms with Crippen LogP contribution in [0.3, 0.4) is 0 Å². The number of amides is 3. The Hall–Kier alpha value is -4.18. The van der Waals surface area contributed by atoms with Gasteiger partial charge in [-0.05, 0) is 51.1 Å². The van der Waals surface area contributed by atoms with Crippen molar-refractivity contribution in [3.05, 3.63) is 75.7 Å². The molecule has 3 amide bonds. The van der Waals surface area contributed by atoms with E-state index in [4.69, 9.17) is 14.2 Å². The van der Waals surface area contributed by atoms with Gasteiger partial charge < -0.3 is 19.5 Å². The van der Waals surface area contributed by atoms with E-state index < -0.39 is 23.7 Å². The van der Waals surface area contributed by atoms with E-state index >= 15 is 0 Å². The van der Waals surface area contributed by atoms with Crippen LogP contribution in [0.4, 0.5) is 5.00 Å². The SMILES string of the molecule is CCOC(=O)c1cc(CN2C(=O)c3ccccc3C2=O)sc1NC(=O)c1cc(OCC)cc(OCC)c1. The maximum atomic E-state index is 13.2. The number of nitrogens with one attached hydrogen (secondary N) is 1. The summed E-state index contributed by atoms with van der Waals surface area (Å²) in [4.78, 5) is 53.1. The predicted octanol–water partition coefficient (Wildman–Crippen LogP) is 4.77. The zero-order chi connectivity index (χ0) is 26.5. The maximum absolute atomic E-state index is 13.2. The summed E-state index contributed by atoms with van der Waals surface area (Å²) in [7, 11) is 0. The zero-order valence-corrected chi connectivity index (χ0v) is 21.5. The molecule has 3 aromatic rings. The molecule has 0 fully saturated rings. The van der Waals surface area contributed by atoms with Gasteiger partial charge in [0, 0.05) is 16.5 Å². The van der Waals surface area contributed by atoms with Gasteiger partial charge in [-0.3, -0.25) is 19.3 Å². The zero-order valence-electron chi connectivity index (χ0n) is 20.7. The van der Waals surface area contributed by atoms with Crippen molar-refractivity contribution < 1.29 is 33.4 Å². The van der Waals surface area contributed by atoms with Gasteiger partial charge in [0.15, 0.2) is 0 Å². The molecule has 0 aliphatic carbocycles. The second-order valence-electron chi connectivity index (χ2n) is 7.93. The second-order valence-corrected chi connectivity index (χ2v) is 9.07. The van der Waals surface area contributed by atoms with Crippen LogP contribution < -0.4 is 14.8 Å². The third-order valence-electron chi connectivity index (χ3n) is 5.46. The summed E-state index contributed by atoms with van der Waals surface area (Å²) in [6, 6.07) is 13.0. The molecule has 2 heterocycles. The number of nitrogens with zero attached hydrogens (tertiary/aromatic N) is 1. The number of benzene rings is 2. The van der Waals surface area contributed by atoms with E-state index in [1.54, 1.807) is 49.4 Å². The van der Waals surface area contributed by atoms with Gasteiger partial charge in [-0.2, -0.15) is 0 Å². The van der Waals surface area contributed by atoms with Gasteiger partial charge in [-0.15, -0.1) is 11.3 Å². The number of thiophene rings is 1. The van der Waals surface area contributed by atoms with E-state index in [1.807, 2.05) is 13.8 Å². The first-order valence-corrected chi connectivity index (χ1v) is 12.6. The van der Waals surface area contributed by atoms with Gasteiger partial charge in [0.05, 0.1) is 43.1 Å². The van der Waals surface area contributed by atoms with Gasteiger partial charge >= 0.3 is 5.97 Å². The highest BCUT2D eigenvalue weighted by Crippen LogP contribution is 2.33. The first kappa shape index (κ1) is 25.9. The number of fused-ring (bicyclic) bond motifs is 1. The molecule has 0 spiro atoms. The van der Waals surface area contributed by atoms with Crippen LogP contribution in [-0.2, 0) is 11.3 Å². The summed E-state index contributed by atoms with van der Waals surface area (Å²) in [5, 5.41) is 3.01. The van der Waals surface area contributed by atoms with Crippen molar-refractivity contribution in [2.75, 3.05) is 25.1 Å². The van der Waals surface area contributed by atoms with E-state index in [-0.39, 0.29) is 29.3 Å². The van der Waals surface area contributed by atoms with Crippen LogP contribution >= 0.6 is 11.3 Å². The molecular weight excluding hydrogens is 496 g/mol. The minimum Gasteiger partial charge on any atom is -0.494 e. The quantitative estimate of drug-likeness (QED) is 0.302. The number of hydrogen-bond donors (Lipinski definition) is 1. The number of imide groups is 1. The summed E-state index contributed by atoms with van der Waals surface area (Å²) in [6.07, 6.45) is 0. The Balaban J connectivity index is 1.62. The third kappa shape index (κ3) is 5.49. The third-order valence-corrected chi connectivity index (χ3v) is 6.50. The van der Waals surface area contributed by atoms with Crippen LogP contribution in [0.2, 0.25) is 0 Å². The van der Waals surface area contributed by atoms with Gasteiger partial charge in [0.1, 0.15) is 16.5 Å². The maximum Gasteiger partial charge on any atom is 0.341 e. The van der Waals surface area contributed by atoms with Gasteiger partial charge in [-0.25, -0.2) is 4.79 Å². The fourth-order valence-corrected chi connectivity index (χ4v) is 4.92. The van der Waals surface area contributed by atoms with E-state index in [0.717, 1.165) is 16.2 Å². The van der Waals surface area contributed by atoms with Crippen molar-refractivity contribution in [2.24, 2.45) is 0 Å². The Bertz CT molecular complexity index is 1310. The molecule has 0 saturated heterocycles. The number of hydrogen-bond acceptors (Lipinski definition) is 8. The molecule has 0 bridgehead atoms. The lowest BCUT2D eigenvalue weighted by atomic mass is 10.1. The number of carbonyl (C=O) groups is 4. The van der Waals surface area contributed by atoms with Crippen molar-refractivity contribution in [3.8, 4) is 11.5 Å². The number of ether oxygens (including phenoxy) is 3. The molecule has 0 radical (unpaired) electrons. The largest absolute Gasteiger partial charge is 0.494 e. The van der Waals surface area contributed by atoms with Crippen molar-refractivity contribution >= 4 is 40.0 Å². The highest BCUT2D eigenvalue weighted by molar-refractivity contribution is 7.16. The van der Waals surface area contributed by atoms with Crippen LogP contribution in [0.1, 0.15) is 67.1 Å². The first-order chi connectivity index (χ1) is 17.9. The Kier molecular flexibility index (Phi) is 7.88. The second kappa shape index (κ2) is 11.3. The lowest BCUT2D eigenvalue weighted by Crippen LogP contribution is -2.28. The van der Waals surface area contributed by atoms with E-state index in [2.05, 4.69) is 5.32 Å². The number of rotatable bonds is 10. The van der Waals surface area contributed by atoms with Crippen LogP contribution in [0, 0.1) is 0 Å². The minimum absolute atomic E-state index is 0.0480. The van der Waals surface area contributed by atoms with Crippen LogP contribution in [0.25, 0.3) is 0 Å². The molecule has 0 atom stereocenters. The molecule has 2 aromatic carbocycles. The number of carbonyl (C=O) groups excluding carboxylic acids is 4. The normalized spacial score (nSPS) is 12.4. The van der Waals surface area contributed by atoms with Crippen LogP contribution in [-0.4, -0.2) is 48.4 Å². The van der Waals surface area contributed by atoms with E-state index in [9.17, 15) is 19.2 Å². The van der Waals surface area contributed by atoms with Crippen LogP contribution in [0.15, 0.2) is 48.5 Å². The molecule has 10 heteroatoms.